The Morgan fingerprint density at radius 3 is 1.82 bits per heavy atom. The van der Waals surface area contributed by atoms with Gasteiger partial charge in [0, 0.05) is 27.5 Å². The standard InChI is InChI=1S/C63H51NO/c1-42-37-39-50(44-21-6-3-7-22-44)63-47(42)29-18-32-56(63)52-27-10-14-35-59(52)64(57-33-12-8-25-48(57)46-38-40-54-53-28-11-15-36-60(53)65-61(54)41-46)58-34-13-9-26-51(58)55-31-17-24-45-23-16-30-49(62(45)55)43-19-4-2-5-20-43/h3,6-18,21-36,38-43H,2,4-5,19-20,37H2,1H3. The number of benzene rings is 9. The number of nitrogens with zero attached hydrogens (tertiary/aromatic N) is 1. The molecule has 2 aliphatic rings. The second-order valence-corrected chi connectivity index (χ2v) is 18.2. The van der Waals surface area contributed by atoms with Gasteiger partial charge in [-0.05, 0) is 123 Å². The number of hydrogen-bond acceptors (Lipinski definition) is 2. The molecule has 0 bridgehead atoms. The van der Waals surface area contributed by atoms with E-state index in [4.69, 9.17) is 4.42 Å². The van der Waals surface area contributed by atoms with Gasteiger partial charge in [0.15, 0.2) is 0 Å². The quantitative estimate of drug-likeness (QED) is 0.152. The molecule has 1 atom stereocenters. The second-order valence-electron chi connectivity index (χ2n) is 18.2. The van der Waals surface area contributed by atoms with Crippen LogP contribution in [0.3, 0.4) is 0 Å². The van der Waals surface area contributed by atoms with Crippen molar-refractivity contribution < 1.29 is 4.42 Å². The topological polar surface area (TPSA) is 16.4 Å². The van der Waals surface area contributed by atoms with E-state index in [1.807, 2.05) is 6.07 Å². The van der Waals surface area contributed by atoms with Gasteiger partial charge in [0.1, 0.15) is 11.2 Å². The van der Waals surface area contributed by atoms with Crippen molar-refractivity contribution in [1.29, 1.82) is 0 Å². The molecule has 0 amide bonds. The van der Waals surface area contributed by atoms with Crippen LogP contribution < -0.4 is 4.90 Å². The summed E-state index contributed by atoms with van der Waals surface area (Å²) in [5.74, 6) is 0.963. The van der Waals surface area contributed by atoms with E-state index in [1.165, 1.54) is 93.0 Å². The minimum absolute atomic E-state index is 0.403. The third kappa shape index (κ3) is 6.87. The average Bonchev–Trinajstić information content (AvgIpc) is 3.75. The van der Waals surface area contributed by atoms with E-state index in [0.717, 1.165) is 56.5 Å². The first-order valence-electron chi connectivity index (χ1n) is 23.6. The summed E-state index contributed by atoms with van der Waals surface area (Å²) < 4.78 is 6.53. The third-order valence-corrected chi connectivity index (χ3v) is 14.3. The van der Waals surface area contributed by atoms with Gasteiger partial charge < -0.3 is 9.32 Å². The number of hydrogen-bond donors (Lipinski definition) is 0. The molecule has 10 aromatic rings. The van der Waals surface area contributed by atoms with Crippen molar-refractivity contribution in [1.82, 2.24) is 0 Å². The van der Waals surface area contributed by atoms with Gasteiger partial charge >= 0.3 is 0 Å². The molecule has 314 valence electrons. The lowest BCUT2D eigenvalue weighted by Gasteiger charge is -2.33. The minimum atomic E-state index is 0.403. The molecule has 1 saturated carbocycles. The monoisotopic (exact) mass is 837 g/mol. The SMILES string of the molecule is CC1CC=C(c2ccccc2)c2c(-c3ccccc3N(c3ccccc3-c3ccc4c(c3)oc3ccccc34)c3ccccc3-c3cccc4cccc(C5CCCCC5)c34)cccc21. The van der Waals surface area contributed by atoms with Crippen LogP contribution in [0.15, 0.2) is 211 Å². The summed E-state index contributed by atoms with van der Waals surface area (Å²) >= 11 is 0. The highest BCUT2D eigenvalue weighted by atomic mass is 16.3. The maximum absolute atomic E-state index is 6.53. The van der Waals surface area contributed by atoms with E-state index < -0.39 is 0 Å². The van der Waals surface area contributed by atoms with Gasteiger partial charge in [0.25, 0.3) is 0 Å². The van der Waals surface area contributed by atoms with E-state index >= 15 is 0 Å². The van der Waals surface area contributed by atoms with Crippen LogP contribution in [0.2, 0.25) is 0 Å². The molecule has 1 heterocycles. The molecule has 0 radical (unpaired) electrons. The van der Waals surface area contributed by atoms with Gasteiger partial charge in [-0.2, -0.15) is 0 Å². The van der Waals surface area contributed by atoms with Crippen LogP contribution in [-0.2, 0) is 0 Å². The second kappa shape index (κ2) is 16.6. The number of rotatable bonds is 8. The fourth-order valence-electron chi connectivity index (χ4n) is 11.2. The molecule has 9 aromatic carbocycles. The summed E-state index contributed by atoms with van der Waals surface area (Å²) in [6.07, 6.45) is 9.90. The summed E-state index contributed by atoms with van der Waals surface area (Å²) in [6, 6.07) is 74.1. The van der Waals surface area contributed by atoms with Crippen LogP contribution in [0, 0.1) is 0 Å². The molecule has 65 heavy (non-hydrogen) atoms. The molecular formula is C63H51NO. The summed E-state index contributed by atoms with van der Waals surface area (Å²) in [7, 11) is 0. The number of furan rings is 1. The maximum Gasteiger partial charge on any atom is 0.136 e. The van der Waals surface area contributed by atoms with Gasteiger partial charge in [0.05, 0.1) is 17.1 Å². The highest BCUT2D eigenvalue weighted by Gasteiger charge is 2.29. The fourth-order valence-corrected chi connectivity index (χ4v) is 11.2. The number of allylic oxidation sites excluding steroid dienone is 1. The highest BCUT2D eigenvalue weighted by Crippen LogP contribution is 2.52. The Bertz CT molecular complexity index is 3410. The van der Waals surface area contributed by atoms with E-state index in [9.17, 15) is 0 Å². The van der Waals surface area contributed by atoms with Gasteiger partial charge in [-0.3, -0.25) is 0 Å². The molecule has 2 heteroatoms. The van der Waals surface area contributed by atoms with Gasteiger partial charge in [-0.25, -0.2) is 0 Å². The number of anilines is 3. The zero-order valence-electron chi connectivity index (χ0n) is 36.9. The summed E-state index contributed by atoms with van der Waals surface area (Å²) in [6.45, 7) is 2.37. The van der Waals surface area contributed by atoms with Crippen LogP contribution >= 0.6 is 0 Å². The van der Waals surface area contributed by atoms with Gasteiger partial charge in [-0.15, -0.1) is 0 Å². The zero-order chi connectivity index (χ0) is 43.3. The van der Waals surface area contributed by atoms with Crippen molar-refractivity contribution in [3.63, 3.8) is 0 Å². The van der Waals surface area contributed by atoms with Gasteiger partial charge in [-0.1, -0.05) is 196 Å². The first kappa shape index (κ1) is 39.2. The number of para-hydroxylation sites is 4. The number of fused-ring (bicyclic) bond motifs is 5. The van der Waals surface area contributed by atoms with Crippen molar-refractivity contribution in [2.75, 3.05) is 4.90 Å². The average molecular weight is 838 g/mol. The normalized spacial score (nSPS) is 15.3. The van der Waals surface area contributed by atoms with Crippen LogP contribution in [0.4, 0.5) is 17.1 Å². The lowest BCUT2D eigenvalue weighted by molar-refractivity contribution is 0.445. The van der Waals surface area contributed by atoms with Crippen LogP contribution in [-0.4, -0.2) is 0 Å². The molecule has 2 nitrogen and oxygen atoms in total. The van der Waals surface area contributed by atoms with E-state index in [-0.39, 0.29) is 0 Å². The predicted molar refractivity (Wildman–Crippen MR) is 275 cm³/mol. The summed E-state index contributed by atoms with van der Waals surface area (Å²) in [5.41, 5.74) is 19.1. The minimum Gasteiger partial charge on any atom is -0.456 e. The first-order valence-corrected chi connectivity index (χ1v) is 23.6. The van der Waals surface area contributed by atoms with Gasteiger partial charge in [0.2, 0.25) is 0 Å². The molecule has 2 aliphatic carbocycles. The third-order valence-electron chi connectivity index (χ3n) is 14.3. The van der Waals surface area contributed by atoms with E-state index in [0.29, 0.717) is 11.8 Å². The zero-order valence-corrected chi connectivity index (χ0v) is 36.9. The molecular weight excluding hydrogens is 787 g/mol. The first-order chi connectivity index (χ1) is 32.2. The lowest BCUT2D eigenvalue weighted by Crippen LogP contribution is -2.14. The molecule has 0 aliphatic heterocycles. The predicted octanol–water partition coefficient (Wildman–Crippen LogP) is 18.2. The largest absolute Gasteiger partial charge is 0.456 e. The van der Waals surface area contributed by atoms with Crippen molar-refractivity contribution in [3.05, 3.63) is 229 Å². The molecule has 0 spiro atoms. The molecule has 1 aromatic heterocycles. The molecule has 1 unspecified atom stereocenters. The Hall–Kier alpha value is -7.42. The molecule has 0 saturated heterocycles. The Morgan fingerprint density at radius 1 is 0.446 bits per heavy atom. The Morgan fingerprint density at radius 2 is 1.03 bits per heavy atom. The van der Waals surface area contributed by atoms with Crippen LogP contribution in [0.1, 0.15) is 79.5 Å². The lowest BCUT2D eigenvalue weighted by atomic mass is 9.77. The summed E-state index contributed by atoms with van der Waals surface area (Å²) in [5, 5.41) is 4.95. The van der Waals surface area contributed by atoms with Crippen molar-refractivity contribution in [2.45, 2.75) is 57.3 Å². The fraction of sp³-hybridized carbons (Fsp3) is 0.143. The van der Waals surface area contributed by atoms with Crippen molar-refractivity contribution >= 4 is 55.3 Å². The van der Waals surface area contributed by atoms with E-state index in [2.05, 4.69) is 212 Å². The Kier molecular flexibility index (Phi) is 10.0. The summed E-state index contributed by atoms with van der Waals surface area (Å²) in [4.78, 5) is 2.56. The Labute approximate surface area is 382 Å². The van der Waals surface area contributed by atoms with Crippen molar-refractivity contribution in [2.24, 2.45) is 0 Å². The molecule has 12 rings (SSSR count). The smallest absolute Gasteiger partial charge is 0.136 e. The molecule has 0 N–H and O–H groups in total. The highest BCUT2D eigenvalue weighted by molar-refractivity contribution is 6.08. The maximum atomic E-state index is 6.53. The van der Waals surface area contributed by atoms with Crippen molar-refractivity contribution in [3.8, 4) is 33.4 Å². The molecule has 1 fully saturated rings. The van der Waals surface area contributed by atoms with E-state index in [1.54, 1.807) is 0 Å². The Balaban J connectivity index is 1.13. The van der Waals surface area contributed by atoms with Crippen LogP contribution in [0.25, 0.3) is 71.7 Å². The van der Waals surface area contributed by atoms with Crippen LogP contribution in [0.5, 0.6) is 0 Å².